The Morgan fingerprint density at radius 2 is 0.643 bits per heavy atom. The SMILES string of the molecule is FC(F)(F)N(C/C=C/CN(C(F)(F)F)C(F)(F)C(F)(F)F)C(F)(F)C(F)(F)F. The summed E-state index contributed by atoms with van der Waals surface area (Å²) >= 11 is 0. The van der Waals surface area contributed by atoms with Crippen molar-refractivity contribution in [3.8, 4) is 0 Å². The first-order valence-electron chi connectivity index (χ1n) is 6.20. The molecule has 0 saturated heterocycles. The van der Waals surface area contributed by atoms with Crippen molar-refractivity contribution in [2.45, 2.75) is 37.0 Å². The van der Waals surface area contributed by atoms with Gasteiger partial charge in [0.05, 0.1) is 0 Å². The van der Waals surface area contributed by atoms with Crippen molar-refractivity contribution in [3.63, 3.8) is 0 Å². The minimum atomic E-state index is -6.79. The Kier molecular flexibility index (Phi) is 7.35. The molecule has 0 aromatic heterocycles. The highest BCUT2D eigenvalue weighted by molar-refractivity contribution is 4.94. The van der Waals surface area contributed by atoms with E-state index >= 15 is 0 Å². The molecule has 0 saturated carbocycles. The average Bonchev–Trinajstić information content (AvgIpc) is 2.36. The summed E-state index contributed by atoms with van der Waals surface area (Å²) in [6.07, 6.45) is -27.4. The van der Waals surface area contributed by atoms with Gasteiger partial charge in [0, 0.05) is 13.1 Å². The molecule has 0 aliphatic heterocycles. The van der Waals surface area contributed by atoms with E-state index in [4.69, 9.17) is 0 Å². The molecule has 2 nitrogen and oxygen atoms in total. The second-order valence-electron chi connectivity index (χ2n) is 4.71. The fourth-order valence-corrected chi connectivity index (χ4v) is 1.42. The molecule has 0 aliphatic carbocycles. The van der Waals surface area contributed by atoms with Gasteiger partial charge in [-0.1, -0.05) is 12.2 Å². The van der Waals surface area contributed by atoms with Crippen LogP contribution in [0.2, 0.25) is 0 Å². The van der Waals surface area contributed by atoms with E-state index in [1.54, 1.807) is 0 Å². The van der Waals surface area contributed by atoms with E-state index in [1.165, 1.54) is 0 Å². The van der Waals surface area contributed by atoms with Crippen LogP contribution in [-0.2, 0) is 0 Å². The zero-order valence-corrected chi connectivity index (χ0v) is 12.5. The normalized spacial score (nSPS) is 15.9. The maximum Gasteiger partial charge on any atom is 0.469 e. The molecule has 0 bridgehead atoms. The highest BCUT2D eigenvalue weighted by Gasteiger charge is 2.69. The highest BCUT2D eigenvalue weighted by atomic mass is 19.4. The number of alkyl halides is 16. The summed E-state index contributed by atoms with van der Waals surface area (Å²) < 4.78 is 197. The first-order chi connectivity index (χ1) is 12.0. The van der Waals surface area contributed by atoms with Crippen LogP contribution < -0.4 is 0 Å². The van der Waals surface area contributed by atoms with Crippen molar-refractivity contribution in [2.24, 2.45) is 0 Å². The molecule has 0 aromatic carbocycles. The second kappa shape index (κ2) is 7.75. The van der Waals surface area contributed by atoms with Crippen molar-refractivity contribution >= 4 is 0 Å². The maximum absolute atomic E-state index is 12.8. The van der Waals surface area contributed by atoms with Gasteiger partial charge in [0.15, 0.2) is 0 Å². The molecule has 18 heteroatoms. The summed E-state index contributed by atoms with van der Waals surface area (Å²) in [6, 6.07) is -13.1. The third-order valence-corrected chi connectivity index (χ3v) is 2.71. The third kappa shape index (κ3) is 6.02. The van der Waals surface area contributed by atoms with Crippen molar-refractivity contribution in [1.29, 1.82) is 0 Å². The van der Waals surface area contributed by atoms with Gasteiger partial charge in [-0.15, -0.1) is 9.80 Å². The molecule has 0 amide bonds. The second-order valence-corrected chi connectivity index (χ2v) is 4.71. The van der Waals surface area contributed by atoms with E-state index in [9.17, 15) is 70.2 Å². The first kappa shape index (κ1) is 26.5. The molecule has 0 N–H and O–H groups in total. The largest absolute Gasteiger partial charge is 0.469 e. The number of rotatable bonds is 6. The quantitative estimate of drug-likeness (QED) is 0.295. The Hall–Kier alpha value is -1.46. The van der Waals surface area contributed by atoms with Gasteiger partial charge in [0.1, 0.15) is 0 Å². The van der Waals surface area contributed by atoms with E-state index in [2.05, 4.69) is 0 Å². The zero-order chi connectivity index (χ0) is 23.0. The first-order valence-corrected chi connectivity index (χ1v) is 6.20. The third-order valence-electron chi connectivity index (χ3n) is 2.71. The number of hydrogen-bond donors (Lipinski definition) is 0. The van der Waals surface area contributed by atoms with E-state index in [0.717, 1.165) is 0 Å². The van der Waals surface area contributed by atoms with Crippen LogP contribution in [0.3, 0.4) is 0 Å². The summed E-state index contributed by atoms with van der Waals surface area (Å²) in [5.41, 5.74) is 0. The molecule has 0 fully saturated rings. The van der Waals surface area contributed by atoms with Crippen LogP contribution >= 0.6 is 0 Å². The fourth-order valence-electron chi connectivity index (χ4n) is 1.42. The summed E-state index contributed by atoms with van der Waals surface area (Å²) in [7, 11) is 0. The predicted molar refractivity (Wildman–Crippen MR) is 56.7 cm³/mol. The minimum Gasteiger partial charge on any atom is -0.177 e. The standard InChI is InChI=1S/C10H6F16N2/c11-5(12,13)7(17,18)27(9(21,22)23)3-1-2-4-28(10(24,25)26)8(19,20)6(14,15)16/h1-2H,3-4H2/b2-1+. The molecular weight excluding hydrogens is 452 g/mol. The predicted octanol–water partition coefficient (Wildman–Crippen LogP) is 5.50. The van der Waals surface area contributed by atoms with Gasteiger partial charge >= 0.3 is 37.0 Å². The van der Waals surface area contributed by atoms with E-state index in [-0.39, 0.29) is 0 Å². The van der Waals surface area contributed by atoms with Crippen LogP contribution in [-0.4, -0.2) is 59.9 Å². The summed E-state index contributed by atoms with van der Waals surface area (Å²) in [4.78, 5) is -5.01. The van der Waals surface area contributed by atoms with Gasteiger partial charge in [-0.3, -0.25) is 0 Å². The van der Waals surface area contributed by atoms with E-state index in [0.29, 0.717) is 0 Å². The fraction of sp³-hybridized carbons (Fsp3) is 0.800. The minimum absolute atomic E-state index is 0.516. The Bertz CT molecular complexity index is 488. The Balaban J connectivity index is 5.60. The van der Waals surface area contributed by atoms with Crippen LogP contribution in [0.15, 0.2) is 12.2 Å². The number of halogens is 16. The Labute approximate surface area is 144 Å². The highest BCUT2D eigenvalue weighted by Crippen LogP contribution is 2.44. The van der Waals surface area contributed by atoms with Crippen molar-refractivity contribution in [2.75, 3.05) is 13.1 Å². The molecule has 0 aromatic rings. The van der Waals surface area contributed by atoms with Gasteiger partial charge < -0.3 is 0 Å². The molecule has 0 rings (SSSR count). The lowest BCUT2D eigenvalue weighted by molar-refractivity contribution is -0.408. The summed E-state index contributed by atoms with van der Waals surface area (Å²) in [6.45, 7) is -5.03. The lowest BCUT2D eigenvalue weighted by atomic mass is 10.3. The molecule has 0 heterocycles. The van der Waals surface area contributed by atoms with Gasteiger partial charge in [-0.05, 0) is 0 Å². The number of nitrogens with zero attached hydrogens (tertiary/aromatic N) is 2. The van der Waals surface area contributed by atoms with E-state index < -0.39 is 72.1 Å². The van der Waals surface area contributed by atoms with Crippen LogP contribution in [0.5, 0.6) is 0 Å². The molecule has 0 spiro atoms. The Morgan fingerprint density at radius 3 is 0.786 bits per heavy atom. The van der Waals surface area contributed by atoms with Crippen LogP contribution in [0.25, 0.3) is 0 Å². The monoisotopic (exact) mass is 458 g/mol. The van der Waals surface area contributed by atoms with Gasteiger partial charge in [-0.2, -0.15) is 70.2 Å². The lowest BCUT2D eigenvalue weighted by Crippen LogP contribution is -2.58. The molecule has 168 valence electrons. The van der Waals surface area contributed by atoms with Gasteiger partial charge in [-0.25, -0.2) is 0 Å². The summed E-state index contributed by atoms with van der Waals surface area (Å²) in [5, 5.41) is 0. The smallest absolute Gasteiger partial charge is 0.177 e. The van der Waals surface area contributed by atoms with Crippen molar-refractivity contribution in [1.82, 2.24) is 9.80 Å². The van der Waals surface area contributed by atoms with Gasteiger partial charge in [0.25, 0.3) is 0 Å². The lowest BCUT2D eigenvalue weighted by Gasteiger charge is -2.33. The topological polar surface area (TPSA) is 6.48 Å². The van der Waals surface area contributed by atoms with Crippen LogP contribution in [0.4, 0.5) is 70.2 Å². The van der Waals surface area contributed by atoms with Crippen molar-refractivity contribution < 1.29 is 70.2 Å². The van der Waals surface area contributed by atoms with Gasteiger partial charge in [0.2, 0.25) is 0 Å². The van der Waals surface area contributed by atoms with Crippen LogP contribution in [0.1, 0.15) is 0 Å². The number of hydrogen-bond acceptors (Lipinski definition) is 2. The zero-order valence-electron chi connectivity index (χ0n) is 12.5. The molecule has 0 aliphatic rings. The van der Waals surface area contributed by atoms with Crippen LogP contribution in [0, 0.1) is 0 Å². The molecular formula is C10H6F16N2. The molecule has 0 atom stereocenters. The molecule has 0 radical (unpaired) electrons. The average molecular weight is 458 g/mol. The summed E-state index contributed by atoms with van der Waals surface area (Å²) in [5.74, 6) is 0. The Morgan fingerprint density at radius 1 is 0.429 bits per heavy atom. The van der Waals surface area contributed by atoms with E-state index in [1.807, 2.05) is 0 Å². The van der Waals surface area contributed by atoms with Crippen molar-refractivity contribution in [3.05, 3.63) is 12.2 Å². The maximum atomic E-state index is 12.8. The molecule has 28 heavy (non-hydrogen) atoms. The molecule has 0 unspecified atom stereocenters.